The first-order valence-corrected chi connectivity index (χ1v) is 8.03. The van der Waals surface area contributed by atoms with Crippen LogP contribution in [0.5, 0.6) is 0 Å². The van der Waals surface area contributed by atoms with Crippen molar-refractivity contribution in [1.29, 1.82) is 0 Å². The van der Waals surface area contributed by atoms with E-state index in [1.54, 1.807) is 0 Å². The third-order valence-electron chi connectivity index (χ3n) is 4.53. The predicted molar refractivity (Wildman–Crippen MR) is 76.5 cm³/mol. The van der Waals surface area contributed by atoms with Crippen molar-refractivity contribution in [3.05, 3.63) is 12.2 Å². The zero-order valence-corrected chi connectivity index (χ0v) is 11.7. The van der Waals surface area contributed by atoms with Crippen molar-refractivity contribution in [1.82, 2.24) is 0 Å². The molecule has 0 bridgehead atoms. The van der Waals surface area contributed by atoms with Crippen molar-refractivity contribution in [3.8, 4) is 0 Å². The van der Waals surface area contributed by atoms with Gasteiger partial charge in [0.1, 0.15) is 5.78 Å². The summed E-state index contributed by atoms with van der Waals surface area (Å²) in [4.78, 5) is 11.7. The normalized spacial score (nSPS) is 33.7. The van der Waals surface area contributed by atoms with Gasteiger partial charge in [-0.2, -0.15) is 0 Å². The Morgan fingerprint density at radius 1 is 0.833 bits per heavy atom. The number of rotatable bonds is 0. The smallest absolute Gasteiger partial charge is 0.132 e. The van der Waals surface area contributed by atoms with E-state index in [1.165, 1.54) is 51.4 Å². The number of hydrogen-bond acceptors (Lipinski definition) is 1. The Bertz CT molecular complexity index is 279. The lowest BCUT2D eigenvalue weighted by atomic mass is 10.0. The first-order chi connectivity index (χ1) is 8.86. The van der Waals surface area contributed by atoms with Crippen LogP contribution in [0, 0.1) is 11.8 Å². The van der Waals surface area contributed by atoms with Gasteiger partial charge in [-0.3, -0.25) is 4.79 Å². The molecule has 0 aliphatic heterocycles. The van der Waals surface area contributed by atoms with E-state index in [0.717, 1.165) is 37.5 Å². The van der Waals surface area contributed by atoms with Crippen LogP contribution in [0.15, 0.2) is 12.2 Å². The summed E-state index contributed by atoms with van der Waals surface area (Å²) in [7, 11) is 0. The van der Waals surface area contributed by atoms with Crippen molar-refractivity contribution in [2.45, 2.75) is 77.0 Å². The number of allylic oxidation sites excluding steroid dienone is 2. The van der Waals surface area contributed by atoms with Gasteiger partial charge in [-0.25, -0.2) is 0 Å². The summed E-state index contributed by atoms with van der Waals surface area (Å²) in [5.41, 5.74) is 0. The Kier molecular flexibility index (Phi) is 5.96. The van der Waals surface area contributed by atoms with Crippen LogP contribution in [0.2, 0.25) is 0 Å². The molecule has 0 N–H and O–H groups in total. The molecule has 2 rings (SSSR count). The summed E-state index contributed by atoms with van der Waals surface area (Å²) in [6.45, 7) is 0. The monoisotopic (exact) mass is 248 g/mol. The minimum Gasteiger partial charge on any atom is -0.300 e. The summed E-state index contributed by atoms with van der Waals surface area (Å²) in [6, 6.07) is 0. The zero-order chi connectivity index (χ0) is 12.6. The Hall–Kier alpha value is -0.590. The van der Waals surface area contributed by atoms with Gasteiger partial charge in [-0.15, -0.1) is 0 Å². The van der Waals surface area contributed by atoms with Crippen LogP contribution < -0.4 is 0 Å². The Labute approximate surface area is 112 Å². The average Bonchev–Trinajstić information content (AvgIpc) is 3.10. The molecule has 0 amide bonds. The van der Waals surface area contributed by atoms with Crippen LogP contribution in [-0.2, 0) is 4.79 Å². The molecule has 0 spiro atoms. The van der Waals surface area contributed by atoms with Gasteiger partial charge in [-0.1, -0.05) is 37.8 Å². The second-order valence-corrected chi connectivity index (χ2v) is 6.20. The highest BCUT2D eigenvalue weighted by Gasteiger charge is 2.34. The standard InChI is InChI=1S/C17H28O/c18-17-12-7-5-3-1-2-4-6-10-15-14-16(15)11-8-9-13-17/h4,6,15-16H,1-3,5,7-14H2/b6-4-. The largest absolute Gasteiger partial charge is 0.300 e. The Morgan fingerprint density at radius 2 is 1.61 bits per heavy atom. The second kappa shape index (κ2) is 7.76. The number of fused-ring (bicyclic) bond motifs is 1. The Morgan fingerprint density at radius 3 is 2.50 bits per heavy atom. The molecule has 2 unspecified atom stereocenters. The molecule has 1 nitrogen and oxygen atoms in total. The molecular weight excluding hydrogens is 220 g/mol. The van der Waals surface area contributed by atoms with Crippen LogP contribution >= 0.6 is 0 Å². The fourth-order valence-corrected chi connectivity index (χ4v) is 3.13. The molecular formula is C17H28O. The fraction of sp³-hybridized carbons (Fsp3) is 0.824. The summed E-state index contributed by atoms with van der Waals surface area (Å²) in [5, 5.41) is 0. The topological polar surface area (TPSA) is 17.1 Å². The lowest BCUT2D eigenvalue weighted by Crippen LogP contribution is -1.98. The molecule has 1 fully saturated rings. The van der Waals surface area contributed by atoms with Gasteiger partial charge in [0.25, 0.3) is 0 Å². The van der Waals surface area contributed by atoms with Gasteiger partial charge in [0.15, 0.2) is 0 Å². The van der Waals surface area contributed by atoms with E-state index in [-0.39, 0.29) is 0 Å². The van der Waals surface area contributed by atoms with Crippen molar-refractivity contribution in [2.75, 3.05) is 0 Å². The highest BCUT2D eigenvalue weighted by atomic mass is 16.1. The number of ketones is 1. The van der Waals surface area contributed by atoms with Crippen LogP contribution in [-0.4, -0.2) is 5.78 Å². The molecule has 2 aliphatic carbocycles. The summed E-state index contributed by atoms with van der Waals surface area (Å²) >= 11 is 0. The SMILES string of the molecule is O=C1CCCCCC/C=C\CC2CC2CCCC1. The molecule has 1 heteroatoms. The number of carbonyl (C=O) groups excluding carboxylic acids is 1. The summed E-state index contributed by atoms with van der Waals surface area (Å²) in [6.07, 6.45) is 19.2. The molecule has 102 valence electrons. The third kappa shape index (κ3) is 5.37. The Balaban J connectivity index is 1.70. The van der Waals surface area contributed by atoms with Crippen LogP contribution in [0.1, 0.15) is 77.0 Å². The van der Waals surface area contributed by atoms with E-state index in [0.29, 0.717) is 5.78 Å². The molecule has 1 saturated carbocycles. The summed E-state index contributed by atoms with van der Waals surface area (Å²) < 4.78 is 0. The fourth-order valence-electron chi connectivity index (χ4n) is 3.13. The van der Waals surface area contributed by atoms with Gasteiger partial charge in [0.05, 0.1) is 0 Å². The third-order valence-corrected chi connectivity index (χ3v) is 4.53. The molecule has 0 aromatic heterocycles. The molecule has 2 atom stereocenters. The predicted octanol–water partition coefficient (Wildman–Crippen LogP) is 5.05. The number of hydrogen-bond donors (Lipinski definition) is 0. The average molecular weight is 248 g/mol. The van der Waals surface area contributed by atoms with Crippen LogP contribution in [0.4, 0.5) is 0 Å². The van der Waals surface area contributed by atoms with Crippen molar-refractivity contribution in [2.24, 2.45) is 11.8 Å². The van der Waals surface area contributed by atoms with E-state index in [9.17, 15) is 4.79 Å². The van der Waals surface area contributed by atoms with Crippen molar-refractivity contribution >= 4 is 5.78 Å². The van der Waals surface area contributed by atoms with Gasteiger partial charge >= 0.3 is 0 Å². The van der Waals surface area contributed by atoms with Crippen molar-refractivity contribution in [3.63, 3.8) is 0 Å². The maximum Gasteiger partial charge on any atom is 0.132 e. The highest BCUT2D eigenvalue weighted by molar-refractivity contribution is 5.78. The van der Waals surface area contributed by atoms with Gasteiger partial charge in [-0.05, 0) is 50.4 Å². The molecule has 0 aromatic carbocycles. The van der Waals surface area contributed by atoms with E-state index in [1.807, 2.05) is 0 Å². The first-order valence-electron chi connectivity index (χ1n) is 8.03. The maximum absolute atomic E-state index is 11.7. The lowest BCUT2D eigenvalue weighted by Gasteiger charge is -2.03. The van der Waals surface area contributed by atoms with Gasteiger partial charge < -0.3 is 0 Å². The first kappa shape index (κ1) is 13.8. The summed E-state index contributed by atoms with van der Waals surface area (Å²) in [5.74, 6) is 2.47. The van der Waals surface area contributed by atoms with Crippen molar-refractivity contribution < 1.29 is 4.79 Å². The zero-order valence-electron chi connectivity index (χ0n) is 11.7. The minimum absolute atomic E-state index is 0.509. The molecule has 0 heterocycles. The quantitative estimate of drug-likeness (QED) is 0.548. The van der Waals surface area contributed by atoms with E-state index in [2.05, 4.69) is 12.2 Å². The highest BCUT2D eigenvalue weighted by Crippen LogP contribution is 2.45. The molecule has 18 heavy (non-hydrogen) atoms. The van der Waals surface area contributed by atoms with Gasteiger partial charge in [0, 0.05) is 12.8 Å². The minimum atomic E-state index is 0.509. The van der Waals surface area contributed by atoms with Gasteiger partial charge in [0.2, 0.25) is 0 Å². The maximum atomic E-state index is 11.7. The molecule has 0 radical (unpaired) electrons. The number of Topliss-reactive ketones (excluding diaryl/α,β-unsaturated/α-hetero) is 1. The second-order valence-electron chi connectivity index (χ2n) is 6.20. The molecule has 0 aromatic rings. The lowest BCUT2D eigenvalue weighted by molar-refractivity contribution is -0.119. The molecule has 0 saturated heterocycles. The van der Waals surface area contributed by atoms with Crippen LogP contribution in [0.3, 0.4) is 0 Å². The van der Waals surface area contributed by atoms with Crippen LogP contribution in [0.25, 0.3) is 0 Å². The van der Waals surface area contributed by atoms with E-state index >= 15 is 0 Å². The van der Waals surface area contributed by atoms with E-state index < -0.39 is 0 Å². The molecule has 2 aliphatic rings. The van der Waals surface area contributed by atoms with E-state index in [4.69, 9.17) is 0 Å². The number of carbonyl (C=O) groups is 1.